The molecule has 0 saturated carbocycles. The summed E-state index contributed by atoms with van der Waals surface area (Å²) in [5.74, 6) is 0. The highest BCUT2D eigenvalue weighted by Gasteiger charge is 2.19. The molecule has 0 aliphatic carbocycles. The van der Waals surface area contributed by atoms with Crippen molar-refractivity contribution < 1.29 is 8.42 Å². The van der Waals surface area contributed by atoms with Crippen LogP contribution >= 0.6 is 11.6 Å². The normalized spacial score (nSPS) is 11.9. The lowest BCUT2D eigenvalue weighted by Gasteiger charge is -2.07. The summed E-state index contributed by atoms with van der Waals surface area (Å²) in [5.41, 5.74) is 1.26. The van der Waals surface area contributed by atoms with Gasteiger partial charge in [0, 0.05) is 17.8 Å². The third kappa shape index (κ3) is 2.07. The second-order valence-electron chi connectivity index (χ2n) is 4.35. The van der Waals surface area contributed by atoms with Gasteiger partial charge in [-0.15, -0.1) is 0 Å². The van der Waals surface area contributed by atoms with Crippen LogP contribution < -0.4 is 0 Å². The van der Waals surface area contributed by atoms with Crippen LogP contribution in [0.15, 0.2) is 47.6 Å². The summed E-state index contributed by atoms with van der Waals surface area (Å²) in [4.78, 5) is 8.02. The average molecular weight is 308 g/mol. The first-order chi connectivity index (χ1) is 9.48. The molecule has 7 heteroatoms. The number of hydrogen-bond donors (Lipinski definition) is 0. The minimum absolute atomic E-state index is 0.0107. The summed E-state index contributed by atoms with van der Waals surface area (Å²) in [6.07, 6.45) is 2.94. The van der Waals surface area contributed by atoms with E-state index < -0.39 is 10.0 Å². The molecular weight excluding hydrogens is 298 g/mol. The number of aromatic nitrogens is 3. The Morgan fingerprint density at radius 1 is 1.15 bits per heavy atom. The van der Waals surface area contributed by atoms with Crippen LogP contribution in [0.5, 0.6) is 0 Å². The van der Waals surface area contributed by atoms with Crippen LogP contribution in [0, 0.1) is 6.92 Å². The zero-order valence-electron chi connectivity index (χ0n) is 10.5. The van der Waals surface area contributed by atoms with Crippen molar-refractivity contribution in [2.45, 2.75) is 11.8 Å². The predicted molar refractivity (Wildman–Crippen MR) is 76.3 cm³/mol. The van der Waals surface area contributed by atoms with E-state index in [0.29, 0.717) is 5.39 Å². The molecule has 1 aromatic carbocycles. The molecule has 3 aromatic rings. The Balaban J connectivity index is 2.23. The van der Waals surface area contributed by atoms with Gasteiger partial charge in [0.05, 0.1) is 4.90 Å². The van der Waals surface area contributed by atoms with Crippen LogP contribution in [0.1, 0.15) is 5.56 Å². The molecule has 0 bridgehead atoms. The summed E-state index contributed by atoms with van der Waals surface area (Å²) in [6, 6.07) is 8.27. The molecule has 2 heterocycles. The Labute approximate surface area is 120 Å². The van der Waals surface area contributed by atoms with Crippen molar-refractivity contribution in [2.75, 3.05) is 0 Å². The lowest BCUT2D eigenvalue weighted by atomic mass is 10.2. The van der Waals surface area contributed by atoms with Crippen LogP contribution in [-0.4, -0.2) is 22.4 Å². The van der Waals surface area contributed by atoms with Crippen molar-refractivity contribution in [3.63, 3.8) is 0 Å². The van der Waals surface area contributed by atoms with Crippen molar-refractivity contribution in [3.05, 3.63) is 53.6 Å². The van der Waals surface area contributed by atoms with E-state index in [-0.39, 0.29) is 15.8 Å². The number of rotatable bonds is 2. The molecule has 0 radical (unpaired) electrons. The van der Waals surface area contributed by atoms with Gasteiger partial charge in [-0.1, -0.05) is 17.7 Å². The fraction of sp³-hybridized carbons (Fsp3) is 0.0769. The second-order valence-corrected chi connectivity index (χ2v) is 6.50. The number of halogens is 1. The van der Waals surface area contributed by atoms with Crippen molar-refractivity contribution in [2.24, 2.45) is 0 Å². The standard InChI is InChI=1S/C13H10ClN3O2S/c1-9-2-4-11(5-3-9)20(18,19)17-7-6-10-8-15-13(14)16-12(10)17/h2-8H,1H3. The monoisotopic (exact) mass is 307 g/mol. The van der Waals surface area contributed by atoms with Crippen molar-refractivity contribution in [1.29, 1.82) is 0 Å². The van der Waals surface area contributed by atoms with E-state index in [1.165, 1.54) is 12.4 Å². The van der Waals surface area contributed by atoms with Gasteiger partial charge in [0.15, 0.2) is 5.65 Å². The number of nitrogens with zero attached hydrogens (tertiary/aromatic N) is 3. The van der Waals surface area contributed by atoms with Crippen molar-refractivity contribution in [1.82, 2.24) is 13.9 Å². The summed E-state index contributed by atoms with van der Waals surface area (Å²) in [5, 5.41) is 0.627. The fourth-order valence-corrected chi connectivity index (χ4v) is 3.32. The van der Waals surface area contributed by atoms with Crippen LogP contribution in [0.25, 0.3) is 11.0 Å². The van der Waals surface area contributed by atoms with E-state index in [1.807, 2.05) is 6.92 Å². The first kappa shape index (κ1) is 13.1. The molecule has 0 aliphatic rings. The minimum Gasteiger partial charge on any atom is -0.226 e. The quantitative estimate of drug-likeness (QED) is 0.683. The first-order valence-electron chi connectivity index (χ1n) is 5.80. The van der Waals surface area contributed by atoms with Gasteiger partial charge in [-0.25, -0.2) is 17.4 Å². The van der Waals surface area contributed by atoms with Gasteiger partial charge < -0.3 is 0 Å². The molecule has 102 valence electrons. The molecule has 0 atom stereocenters. The molecule has 2 aromatic heterocycles. The zero-order chi connectivity index (χ0) is 14.3. The third-order valence-corrected chi connectivity index (χ3v) is 4.81. The van der Waals surface area contributed by atoms with Gasteiger partial charge in [0.1, 0.15) is 0 Å². The topological polar surface area (TPSA) is 64.8 Å². The number of fused-ring (bicyclic) bond motifs is 1. The van der Waals surface area contributed by atoms with Gasteiger partial charge in [-0.2, -0.15) is 4.98 Å². The molecule has 20 heavy (non-hydrogen) atoms. The van der Waals surface area contributed by atoms with Gasteiger partial charge >= 0.3 is 0 Å². The molecule has 0 saturated heterocycles. The largest absolute Gasteiger partial charge is 0.269 e. The Morgan fingerprint density at radius 2 is 1.85 bits per heavy atom. The molecule has 0 N–H and O–H groups in total. The van der Waals surface area contributed by atoms with Crippen LogP contribution in [0.2, 0.25) is 5.28 Å². The van der Waals surface area contributed by atoms with E-state index in [4.69, 9.17) is 11.6 Å². The molecule has 5 nitrogen and oxygen atoms in total. The van der Waals surface area contributed by atoms with E-state index >= 15 is 0 Å². The van der Waals surface area contributed by atoms with E-state index in [9.17, 15) is 8.42 Å². The fourth-order valence-electron chi connectivity index (χ4n) is 1.89. The van der Waals surface area contributed by atoms with E-state index in [1.54, 1.807) is 30.3 Å². The lowest BCUT2D eigenvalue weighted by molar-refractivity contribution is 0.588. The number of hydrogen-bond acceptors (Lipinski definition) is 4. The second kappa shape index (κ2) is 4.57. The third-order valence-electron chi connectivity index (χ3n) is 2.94. The smallest absolute Gasteiger partial charge is 0.226 e. The number of benzene rings is 1. The van der Waals surface area contributed by atoms with Crippen molar-refractivity contribution >= 4 is 32.7 Å². The Bertz CT molecular complexity index is 886. The summed E-state index contributed by atoms with van der Waals surface area (Å²) >= 11 is 5.73. The highest BCUT2D eigenvalue weighted by atomic mass is 35.5. The summed E-state index contributed by atoms with van der Waals surface area (Å²) in [6.45, 7) is 1.90. The summed E-state index contributed by atoms with van der Waals surface area (Å²) < 4.78 is 26.3. The van der Waals surface area contributed by atoms with Crippen LogP contribution in [-0.2, 0) is 10.0 Å². The Kier molecular flexibility index (Phi) is 2.99. The van der Waals surface area contributed by atoms with Gasteiger partial charge in [0.2, 0.25) is 5.28 Å². The van der Waals surface area contributed by atoms with E-state index in [2.05, 4.69) is 9.97 Å². The molecule has 3 rings (SSSR count). The van der Waals surface area contributed by atoms with Crippen molar-refractivity contribution in [3.8, 4) is 0 Å². The average Bonchev–Trinajstić information content (AvgIpc) is 2.82. The van der Waals surface area contributed by atoms with Gasteiger partial charge in [-0.3, -0.25) is 0 Å². The predicted octanol–water partition coefficient (Wildman–Crippen LogP) is 2.63. The maximum Gasteiger partial charge on any atom is 0.269 e. The number of aryl methyl sites for hydroxylation is 1. The highest BCUT2D eigenvalue weighted by molar-refractivity contribution is 7.90. The Morgan fingerprint density at radius 3 is 2.55 bits per heavy atom. The SMILES string of the molecule is Cc1ccc(S(=O)(=O)n2ccc3cnc(Cl)nc32)cc1. The molecule has 0 unspecified atom stereocenters. The first-order valence-corrected chi connectivity index (χ1v) is 7.62. The lowest BCUT2D eigenvalue weighted by Crippen LogP contribution is -2.12. The zero-order valence-corrected chi connectivity index (χ0v) is 12.1. The maximum absolute atomic E-state index is 12.6. The molecule has 0 fully saturated rings. The molecule has 0 amide bonds. The maximum atomic E-state index is 12.6. The summed E-state index contributed by atoms with van der Waals surface area (Å²) in [7, 11) is -3.69. The van der Waals surface area contributed by atoms with Crippen LogP contribution in [0.4, 0.5) is 0 Å². The van der Waals surface area contributed by atoms with Gasteiger partial charge in [-0.05, 0) is 36.7 Å². The molecule has 0 aliphatic heterocycles. The molecule has 0 spiro atoms. The highest BCUT2D eigenvalue weighted by Crippen LogP contribution is 2.21. The Hall–Kier alpha value is -1.92. The van der Waals surface area contributed by atoms with E-state index in [0.717, 1.165) is 9.54 Å². The van der Waals surface area contributed by atoms with Gasteiger partial charge in [0.25, 0.3) is 10.0 Å². The van der Waals surface area contributed by atoms with Crippen LogP contribution in [0.3, 0.4) is 0 Å². The molecular formula is C13H10ClN3O2S. The minimum atomic E-state index is -3.69.